The highest BCUT2D eigenvalue weighted by Gasteiger charge is 2.33. The fourth-order valence-corrected chi connectivity index (χ4v) is 2.33. The number of benzene rings is 1. The topological polar surface area (TPSA) is 56.7 Å². The van der Waals surface area contributed by atoms with Gasteiger partial charge < -0.3 is 5.73 Å². The lowest BCUT2D eigenvalue weighted by Crippen LogP contribution is -2.09. The molecule has 0 aliphatic carbocycles. The van der Waals surface area contributed by atoms with Crippen molar-refractivity contribution in [1.82, 2.24) is 15.0 Å². The van der Waals surface area contributed by atoms with Gasteiger partial charge in [-0.25, -0.2) is 4.68 Å². The maximum atomic E-state index is 12.9. The van der Waals surface area contributed by atoms with Crippen LogP contribution in [0.2, 0.25) is 0 Å². The molecule has 0 amide bonds. The van der Waals surface area contributed by atoms with Crippen LogP contribution in [0.25, 0.3) is 5.69 Å². The summed E-state index contributed by atoms with van der Waals surface area (Å²) in [6.45, 7) is 1.94. The van der Waals surface area contributed by atoms with Crippen LogP contribution in [0.5, 0.6) is 0 Å². The van der Waals surface area contributed by atoms with Crippen LogP contribution < -0.4 is 5.73 Å². The van der Waals surface area contributed by atoms with Crippen molar-refractivity contribution in [3.63, 3.8) is 0 Å². The molecule has 20 heavy (non-hydrogen) atoms. The third-order valence-corrected chi connectivity index (χ3v) is 3.47. The lowest BCUT2D eigenvalue weighted by Gasteiger charge is -2.12. The number of nitrogen functional groups attached to an aromatic ring is 1. The van der Waals surface area contributed by atoms with E-state index in [9.17, 15) is 13.2 Å². The van der Waals surface area contributed by atoms with Crippen LogP contribution in [-0.4, -0.2) is 15.0 Å². The summed E-state index contributed by atoms with van der Waals surface area (Å²) in [5.41, 5.74) is 5.83. The Morgan fingerprint density at radius 1 is 1.35 bits per heavy atom. The quantitative estimate of drug-likeness (QED) is 0.922. The fraction of sp³-hybridized carbons (Fsp3) is 0.333. The van der Waals surface area contributed by atoms with E-state index >= 15 is 0 Å². The molecule has 0 aliphatic heterocycles. The summed E-state index contributed by atoms with van der Waals surface area (Å²) in [4.78, 5) is 0. The number of alkyl halides is 3. The smallest absolute Gasteiger partial charge is 0.381 e. The number of hydrogen-bond donors (Lipinski definition) is 1. The summed E-state index contributed by atoms with van der Waals surface area (Å²) in [6.07, 6.45) is -3.05. The Morgan fingerprint density at radius 3 is 2.65 bits per heavy atom. The molecule has 8 heteroatoms. The van der Waals surface area contributed by atoms with E-state index in [-0.39, 0.29) is 16.0 Å². The second kappa shape index (κ2) is 5.43. The van der Waals surface area contributed by atoms with Gasteiger partial charge in [-0.05, 0) is 24.6 Å². The van der Waals surface area contributed by atoms with Gasteiger partial charge in [0.25, 0.3) is 0 Å². The van der Waals surface area contributed by atoms with Gasteiger partial charge >= 0.3 is 6.18 Å². The standard InChI is InChI=1S/C12H12BrF3N4/c1-2-3-10-11(17)18-19-20(10)7-4-5-9(13)8(6-7)12(14,15)16/h4-6H,2-3,17H2,1H3. The van der Waals surface area contributed by atoms with Gasteiger partial charge in [0.1, 0.15) is 0 Å². The third-order valence-electron chi connectivity index (χ3n) is 2.78. The second-order valence-electron chi connectivity index (χ2n) is 4.25. The van der Waals surface area contributed by atoms with Crippen molar-refractivity contribution in [2.24, 2.45) is 0 Å². The lowest BCUT2D eigenvalue weighted by molar-refractivity contribution is -0.138. The Morgan fingerprint density at radius 2 is 2.05 bits per heavy atom. The van der Waals surface area contributed by atoms with E-state index in [0.717, 1.165) is 12.5 Å². The molecule has 4 nitrogen and oxygen atoms in total. The van der Waals surface area contributed by atoms with E-state index in [1.165, 1.54) is 16.8 Å². The second-order valence-corrected chi connectivity index (χ2v) is 5.10. The van der Waals surface area contributed by atoms with E-state index in [0.29, 0.717) is 12.1 Å². The summed E-state index contributed by atoms with van der Waals surface area (Å²) in [7, 11) is 0. The zero-order valence-electron chi connectivity index (χ0n) is 10.6. The Kier molecular flexibility index (Phi) is 4.03. The van der Waals surface area contributed by atoms with E-state index in [1.807, 2.05) is 6.92 Å². The van der Waals surface area contributed by atoms with Crippen LogP contribution in [0.4, 0.5) is 19.0 Å². The number of nitrogens with two attached hydrogens (primary N) is 1. The predicted octanol–water partition coefficient (Wildman–Crippen LogP) is 3.58. The van der Waals surface area contributed by atoms with Crippen molar-refractivity contribution in [1.29, 1.82) is 0 Å². The molecule has 1 aromatic heterocycles. The summed E-state index contributed by atoms with van der Waals surface area (Å²) in [5, 5.41) is 7.54. The van der Waals surface area contributed by atoms with Crippen LogP contribution in [0.15, 0.2) is 22.7 Å². The minimum atomic E-state index is -4.44. The molecule has 0 bridgehead atoms. The molecule has 0 aliphatic rings. The molecule has 0 atom stereocenters. The SMILES string of the molecule is CCCc1c(N)nnn1-c1ccc(Br)c(C(F)(F)F)c1. The monoisotopic (exact) mass is 348 g/mol. The Bertz CT molecular complexity index is 622. The number of rotatable bonds is 3. The first-order chi connectivity index (χ1) is 9.34. The van der Waals surface area contributed by atoms with E-state index < -0.39 is 11.7 Å². The summed E-state index contributed by atoms with van der Waals surface area (Å²) in [6, 6.07) is 3.90. The van der Waals surface area contributed by atoms with Crippen molar-refractivity contribution in [2.45, 2.75) is 25.9 Å². The molecule has 0 radical (unpaired) electrons. The molecule has 0 spiro atoms. The number of anilines is 1. The number of aromatic nitrogens is 3. The molecule has 0 saturated carbocycles. The first-order valence-corrected chi connectivity index (χ1v) is 6.71. The first kappa shape index (κ1) is 14.8. The predicted molar refractivity (Wildman–Crippen MR) is 72.5 cm³/mol. The molecule has 1 heterocycles. The van der Waals surface area contributed by atoms with Gasteiger partial charge in [0.2, 0.25) is 0 Å². The summed E-state index contributed by atoms with van der Waals surface area (Å²) in [5.74, 6) is 0.239. The lowest BCUT2D eigenvalue weighted by atomic mass is 10.2. The van der Waals surface area contributed by atoms with Gasteiger partial charge in [-0.2, -0.15) is 13.2 Å². The number of halogens is 4. The Hall–Kier alpha value is -1.57. The molecule has 2 aromatic rings. The molecule has 0 saturated heterocycles. The number of nitrogens with zero attached hydrogens (tertiary/aromatic N) is 3. The Balaban J connectivity index is 2.54. The molecular formula is C12H12BrF3N4. The Labute approximate surface area is 121 Å². The molecule has 2 N–H and O–H groups in total. The van der Waals surface area contributed by atoms with Gasteiger partial charge in [0.05, 0.1) is 16.9 Å². The van der Waals surface area contributed by atoms with Gasteiger partial charge in [-0.3, -0.25) is 0 Å². The van der Waals surface area contributed by atoms with E-state index in [1.54, 1.807) is 0 Å². The molecule has 0 unspecified atom stereocenters. The molecular weight excluding hydrogens is 337 g/mol. The minimum Gasteiger partial charge on any atom is -0.381 e. The maximum absolute atomic E-state index is 12.9. The van der Waals surface area contributed by atoms with Gasteiger partial charge in [-0.15, -0.1) is 5.10 Å². The number of hydrogen-bond acceptors (Lipinski definition) is 3. The zero-order chi connectivity index (χ0) is 14.9. The fourth-order valence-electron chi connectivity index (χ4n) is 1.85. The summed E-state index contributed by atoms with van der Waals surface area (Å²) < 4.78 is 40.0. The van der Waals surface area contributed by atoms with Gasteiger partial charge in [-0.1, -0.05) is 34.5 Å². The molecule has 1 aromatic carbocycles. The van der Waals surface area contributed by atoms with Crippen LogP contribution in [-0.2, 0) is 12.6 Å². The zero-order valence-corrected chi connectivity index (χ0v) is 12.2. The normalized spacial score (nSPS) is 11.8. The average Bonchev–Trinajstić information content (AvgIpc) is 2.71. The highest BCUT2D eigenvalue weighted by molar-refractivity contribution is 9.10. The molecule has 2 rings (SSSR count). The van der Waals surface area contributed by atoms with E-state index in [4.69, 9.17) is 5.73 Å². The van der Waals surface area contributed by atoms with Gasteiger partial charge in [0, 0.05) is 4.47 Å². The van der Waals surface area contributed by atoms with Crippen LogP contribution in [0.3, 0.4) is 0 Å². The van der Waals surface area contributed by atoms with Crippen molar-refractivity contribution >= 4 is 21.7 Å². The summed E-state index contributed by atoms with van der Waals surface area (Å²) >= 11 is 2.90. The minimum absolute atomic E-state index is 0.0149. The first-order valence-electron chi connectivity index (χ1n) is 5.91. The largest absolute Gasteiger partial charge is 0.417 e. The van der Waals surface area contributed by atoms with Gasteiger partial charge in [0.15, 0.2) is 5.82 Å². The van der Waals surface area contributed by atoms with Crippen molar-refractivity contribution in [3.8, 4) is 5.69 Å². The molecule has 108 valence electrons. The van der Waals surface area contributed by atoms with Crippen molar-refractivity contribution in [2.75, 3.05) is 5.73 Å². The van der Waals surface area contributed by atoms with Crippen LogP contribution >= 0.6 is 15.9 Å². The molecule has 0 fully saturated rings. The highest BCUT2D eigenvalue weighted by Crippen LogP contribution is 2.36. The highest BCUT2D eigenvalue weighted by atomic mass is 79.9. The van der Waals surface area contributed by atoms with Crippen molar-refractivity contribution < 1.29 is 13.2 Å². The van der Waals surface area contributed by atoms with Crippen LogP contribution in [0, 0.1) is 0 Å². The average molecular weight is 349 g/mol. The third kappa shape index (κ3) is 2.79. The van der Waals surface area contributed by atoms with E-state index in [2.05, 4.69) is 26.2 Å². The maximum Gasteiger partial charge on any atom is 0.417 e. The van der Waals surface area contributed by atoms with Crippen LogP contribution in [0.1, 0.15) is 24.6 Å². The van der Waals surface area contributed by atoms with Crippen molar-refractivity contribution in [3.05, 3.63) is 33.9 Å².